The van der Waals surface area contributed by atoms with Gasteiger partial charge in [0, 0.05) is 19.4 Å². The minimum absolute atomic E-state index is 0.0635. The van der Waals surface area contributed by atoms with Gasteiger partial charge in [0.25, 0.3) is 5.91 Å². The third-order valence-corrected chi connectivity index (χ3v) is 3.65. The first-order valence-corrected chi connectivity index (χ1v) is 7.18. The Morgan fingerprint density at radius 3 is 2.50 bits per heavy atom. The van der Waals surface area contributed by atoms with Crippen LogP contribution in [-0.4, -0.2) is 20.3 Å². The maximum Gasteiger partial charge on any atom is 0.257 e. The molecule has 2 heterocycles. The Kier molecular flexibility index (Phi) is 3.78. The summed E-state index contributed by atoms with van der Waals surface area (Å²) in [6.45, 7) is 1.97. The van der Waals surface area contributed by atoms with Crippen molar-refractivity contribution in [2.75, 3.05) is 0 Å². The lowest BCUT2D eigenvalue weighted by molar-refractivity contribution is 0.0940. The third-order valence-electron chi connectivity index (χ3n) is 3.65. The molecular weight excluding hydrogens is 276 g/mol. The van der Waals surface area contributed by atoms with Gasteiger partial charge in [-0.25, -0.2) is 0 Å². The minimum Gasteiger partial charge on any atom is -0.345 e. The molecule has 0 fully saturated rings. The van der Waals surface area contributed by atoms with Gasteiger partial charge >= 0.3 is 0 Å². The molecule has 0 saturated heterocycles. The second-order valence-corrected chi connectivity index (χ2v) is 5.20. The van der Waals surface area contributed by atoms with E-state index in [0.717, 1.165) is 11.4 Å². The molecule has 1 atom stereocenters. The molecule has 3 rings (SSSR count). The van der Waals surface area contributed by atoms with Crippen molar-refractivity contribution >= 4 is 5.91 Å². The summed E-state index contributed by atoms with van der Waals surface area (Å²) < 4.78 is 3.58. The van der Waals surface area contributed by atoms with Gasteiger partial charge in [0.1, 0.15) is 11.4 Å². The first-order valence-electron chi connectivity index (χ1n) is 7.18. The summed E-state index contributed by atoms with van der Waals surface area (Å²) in [6, 6.07) is 13.7. The topological polar surface area (TPSA) is 51.9 Å². The zero-order valence-corrected chi connectivity index (χ0v) is 12.6. The number of benzene rings is 1. The van der Waals surface area contributed by atoms with Gasteiger partial charge in [-0.2, -0.15) is 5.10 Å². The van der Waals surface area contributed by atoms with Crippen LogP contribution in [0.3, 0.4) is 0 Å². The van der Waals surface area contributed by atoms with E-state index in [4.69, 9.17) is 0 Å². The Hall–Kier alpha value is -2.82. The van der Waals surface area contributed by atoms with E-state index in [-0.39, 0.29) is 11.9 Å². The second-order valence-electron chi connectivity index (χ2n) is 5.20. The van der Waals surface area contributed by atoms with Crippen molar-refractivity contribution in [3.05, 3.63) is 72.2 Å². The van der Waals surface area contributed by atoms with Gasteiger partial charge in [-0.05, 0) is 24.6 Å². The average molecular weight is 294 g/mol. The normalized spacial score (nSPS) is 12.1. The highest BCUT2D eigenvalue weighted by Crippen LogP contribution is 2.17. The quantitative estimate of drug-likeness (QED) is 0.804. The van der Waals surface area contributed by atoms with E-state index in [2.05, 4.69) is 10.4 Å². The highest BCUT2D eigenvalue weighted by atomic mass is 16.1. The van der Waals surface area contributed by atoms with Crippen molar-refractivity contribution in [3.63, 3.8) is 0 Å². The van der Waals surface area contributed by atoms with Crippen LogP contribution in [-0.2, 0) is 7.05 Å². The lowest BCUT2D eigenvalue weighted by Crippen LogP contribution is -2.27. The van der Waals surface area contributed by atoms with Gasteiger partial charge in [0.2, 0.25) is 0 Å². The molecule has 0 aliphatic heterocycles. The highest BCUT2D eigenvalue weighted by molar-refractivity contribution is 5.97. The first-order chi connectivity index (χ1) is 10.7. The molecule has 5 nitrogen and oxygen atoms in total. The number of hydrogen-bond donors (Lipinski definition) is 1. The summed E-state index contributed by atoms with van der Waals surface area (Å²) in [5, 5.41) is 7.23. The molecule has 0 bridgehead atoms. The number of rotatable bonds is 4. The molecule has 2 aromatic heterocycles. The smallest absolute Gasteiger partial charge is 0.257 e. The fourth-order valence-electron chi connectivity index (χ4n) is 2.47. The van der Waals surface area contributed by atoms with Crippen molar-refractivity contribution in [3.8, 4) is 5.82 Å². The SMILES string of the molecule is CC(NC(=O)c1cnn(C)c1-n1cccc1)c1ccccc1. The van der Waals surface area contributed by atoms with Gasteiger partial charge in [-0.3, -0.25) is 9.48 Å². The summed E-state index contributed by atoms with van der Waals surface area (Å²) in [5.41, 5.74) is 1.63. The standard InChI is InChI=1S/C17H18N4O/c1-13(14-8-4-3-5-9-14)19-16(22)15-12-18-20(2)17(15)21-10-6-7-11-21/h3-13H,1-2H3,(H,19,22). The van der Waals surface area contributed by atoms with Crippen LogP contribution in [0.5, 0.6) is 0 Å². The summed E-state index contributed by atoms with van der Waals surface area (Å²) in [4.78, 5) is 12.6. The number of aromatic nitrogens is 3. The van der Waals surface area contributed by atoms with E-state index < -0.39 is 0 Å². The van der Waals surface area contributed by atoms with Crippen LogP contribution < -0.4 is 5.32 Å². The van der Waals surface area contributed by atoms with E-state index >= 15 is 0 Å². The Labute approximate surface area is 129 Å². The molecule has 1 N–H and O–H groups in total. The van der Waals surface area contributed by atoms with Crippen molar-refractivity contribution in [1.82, 2.24) is 19.7 Å². The van der Waals surface area contributed by atoms with E-state index in [1.165, 1.54) is 0 Å². The number of amides is 1. The largest absolute Gasteiger partial charge is 0.345 e. The molecule has 1 unspecified atom stereocenters. The Balaban J connectivity index is 1.85. The van der Waals surface area contributed by atoms with Crippen LogP contribution in [0.15, 0.2) is 61.1 Å². The van der Waals surface area contributed by atoms with Crippen LogP contribution in [0, 0.1) is 0 Å². The van der Waals surface area contributed by atoms with Crippen molar-refractivity contribution in [2.24, 2.45) is 7.05 Å². The van der Waals surface area contributed by atoms with Crippen LogP contribution in [0.4, 0.5) is 0 Å². The van der Waals surface area contributed by atoms with Crippen LogP contribution in [0.2, 0.25) is 0 Å². The summed E-state index contributed by atoms with van der Waals surface area (Å²) in [6.07, 6.45) is 5.39. The van der Waals surface area contributed by atoms with E-state index in [0.29, 0.717) is 5.56 Å². The van der Waals surface area contributed by atoms with E-state index in [1.807, 2.05) is 73.4 Å². The van der Waals surface area contributed by atoms with Crippen molar-refractivity contribution < 1.29 is 4.79 Å². The first kappa shape index (κ1) is 14.1. The molecule has 0 saturated carbocycles. The average Bonchev–Trinajstić information content (AvgIpc) is 3.17. The van der Waals surface area contributed by atoms with Crippen LogP contribution in [0.1, 0.15) is 28.9 Å². The number of nitrogens with one attached hydrogen (secondary N) is 1. The predicted octanol–water partition coefficient (Wildman–Crippen LogP) is 2.70. The molecule has 5 heteroatoms. The summed E-state index contributed by atoms with van der Waals surface area (Å²) >= 11 is 0. The molecule has 0 spiro atoms. The lowest BCUT2D eigenvalue weighted by atomic mass is 10.1. The van der Waals surface area contributed by atoms with Crippen molar-refractivity contribution in [1.29, 1.82) is 0 Å². The zero-order valence-electron chi connectivity index (χ0n) is 12.6. The minimum atomic E-state index is -0.131. The summed E-state index contributed by atoms with van der Waals surface area (Å²) in [7, 11) is 1.83. The second kappa shape index (κ2) is 5.89. The Bertz CT molecular complexity index is 759. The Morgan fingerprint density at radius 1 is 1.14 bits per heavy atom. The predicted molar refractivity (Wildman–Crippen MR) is 84.9 cm³/mol. The molecule has 22 heavy (non-hydrogen) atoms. The molecule has 0 aliphatic rings. The maximum absolute atomic E-state index is 12.6. The molecule has 3 aromatic rings. The molecule has 1 aromatic carbocycles. The Morgan fingerprint density at radius 2 is 1.82 bits per heavy atom. The number of hydrogen-bond acceptors (Lipinski definition) is 2. The third kappa shape index (κ3) is 2.65. The molecule has 1 amide bonds. The highest BCUT2D eigenvalue weighted by Gasteiger charge is 2.19. The van der Waals surface area contributed by atoms with Gasteiger partial charge in [-0.1, -0.05) is 30.3 Å². The number of aryl methyl sites for hydroxylation is 1. The fraction of sp³-hybridized carbons (Fsp3) is 0.176. The maximum atomic E-state index is 12.6. The fourth-order valence-corrected chi connectivity index (χ4v) is 2.47. The van der Waals surface area contributed by atoms with Crippen LogP contribution in [0.25, 0.3) is 5.82 Å². The van der Waals surface area contributed by atoms with E-state index in [1.54, 1.807) is 10.9 Å². The van der Waals surface area contributed by atoms with Gasteiger partial charge < -0.3 is 9.88 Å². The van der Waals surface area contributed by atoms with Crippen molar-refractivity contribution in [2.45, 2.75) is 13.0 Å². The number of nitrogens with zero attached hydrogens (tertiary/aromatic N) is 3. The van der Waals surface area contributed by atoms with Gasteiger partial charge in [-0.15, -0.1) is 0 Å². The van der Waals surface area contributed by atoms with Gasteiger partial charge in [0.05, 0.1) is 12.2 Å². The number of carbonyl (C=O) groups is 1. The van der Waals surface area contributed by atoms with E-state index in [9.17, 15) is 4.79 Å². The van der Waals surface area contributed by atoms with Crippen LogP contribution >= 0.6 is 0 Å². The number of carbonyl (C=O) groups excluding carboxylic acids is 1. The lowest BCUT2D eigenvalue weighted by Gasteiger charge is -2.14. The monoisotopic (exact) mass is 294 g/mol. The molecule has 112 valence electrons. The van der Waals surface area contributed by atoms with Gasteiger partial charge in [0.15, 0.2) is 0 Å². The summed E-state index contributed by atoms with van der Waals surface area (Å²) in [5.74, 6) is 0.621. The molecule has 0 radical (unpaired) electrons. The molecule has 0 aliphatic carbocycles. The molecular formula is C17H18N4O. The zero-order chi connectivity index (χ0) is 15.5.